The highest BCUT2D eigenvalue weighted by Crippen LogP contribution is 2.40. The summed E-state index contributed by atoms with van der Waals surface area (Å²) in [5.41, 5.74) is 3.21. The summed E-state index contributed by atoms with van der Waals surface area (Å²) in [6.45, 7) is 3.28. The molecule has 6 nitrogen and oxygen atoms in total. The number of nitrogens with zero attached hydrogens (tertiary/aromatic N) is 1. The zero-order valence-electron chi connectivity index (χ0n) is 20.2. The predicted molar refractivity (Wildman–Crippen MR) is 136 cm³/mol. The van der Waals surface area contributed by atoms with E-state index in [1.807, 2.05) is 67.6 Å². The highest BCUT2D eigenvalue weighted by atomic mass is 16.5. The van der Waals surface area contributed by atoms with Crippen molar-refractivity contribution in [3.8, 4) is 5.75 Å². The molecule has 1 N–H and O–H groups in total. The standard InChI is InChI=1S/C30H29NO5/c1-20-17-23(14-15-25(20)36-19-21-9-4-2-5-10-21)28(32)26-27(22-11-6-3-7-12-22)31(30(34)29(26)33)18-24-13-8-16-35-24/h2-7,9-12,14-15,17,24,27,32H,8,13,16,18-19H2,1H3/b28-26-. The number of ether oxygens (including phenoxy) is 2. The van der Waals surface area contributed by atoms with Crippen LogP contribution in [0.15, 0.2) is 84.4 Å². The van der Waals surface area contributed by atoms with Crippen LogP contribution >= 0.6 is 0 Å². The van der Waals surface area contributed by atoms with Gasteiger partial charge in [-0.3, -0.25) is 9.59 Å². The van der Waals surface area contributed by atoms with Crippen molar-refractivity contribution >= 4 is 17.4 Å². The number of rotatable bonds is 7. The van der Waals surface area contributed by atoms with E-state index in [4.69, 9.17) is 9.47 Å². The van der Waals surface area contributed by atoms with Crippen LogP contribution in [0.25, 0.3) is 5.76 Å². The van der Waals surface area contributed by atoms with Crippen LogP contribution in [-0.2, 0) is 20.9 Å². The summed E-state index contributed by atoms with van der Waals surface area (Å²) >= 11 is 0. The smallest absolute Gasteiger partial charge is 0.295 e. The number of aryl methyl sites for hydroxylation is 1. The van der Waals surface area contributed by atoms with Crippen molar-refractivity contribution in [1.82, 2.24) is 4.90 Å². The Morgan fingerprint density at radius 3 is 2.42 bits per heavy atom. The lowest BCUT2D eigenvalue weighted by molar-refractivity contribution is -0.140. The molecule has 2 aliphatic rings. The van der Waals surface area contributed by atoms with Crippen LogP contribution in [0.5, 0.6) is 5.75 Å². The highest BCUT2D eigenvalue weighted by molar-refractivity contribution is 6.46. The van der Waals surface area contributed by atoms with E-state index in [1.165, 1.54) is 0 Å². The van der Waals surface area contributed by atoms with Crippen molar-refractivity contribution in [3.63, 3.8) is 0 Å². The van der Waals surface area contributed by atoms with Crippen LogP contribution in [0, 0.1) is 6.92 Å². The number of hydrogen-bond acceptors (Lipinski definition) is 5. The van der Waals surface area contributed by atoms with Gasteiger partial charge in [0.25, 0.3) is 11.7 Å². The lowest BCUT2D eigenvalue weighted by Gasteiger charge is -2.27. The van der Waals surface area contributed by atoms with E-state index in [-0.39, 0.29) is 17.4 Å². The van der Waals surface area contributed by atoms with Gasteiger partial charge in [-0.2, -0.15) is 0 Å². The summed E-state index contributed by atoms with van der Waals surface area (Å²) in [4.78, 5) is 27.9. The molecule has 5 rings (SSSR count). The summed E-state index contributed by atoms with van der Waals surface area (Å²) in [5.74, 6) is -0.787. The number of likely N-dealkylation sites (tertiary alicyclic amines) is 1. The van der Waals surface area contributed by atoms with Gasteiger partial charge in [-0.15, -0.1) is 0 Å². The number of carbonyl (C=O) groups excluding carboxylic acids is 2. The Labute approximate surface area is 210 Å². The molecule has 1 amide bonds. The molecule has 2 heterocycles. The van der Waals surface area contributed by atoms with Gasteiger partial charge in [0.15, 0.2) is 0 Å². The fraction of sp³-hybridized carbons (Fsp3) is 0.267. The Kier molecular flexibility index (Phi) is 6.87. The largest absolute Gasteiger partial charge is 0.507 e. The van der Waals surface area contributed by atoms with E-state index in [9.17, 15) is 14.7 Å². The molecule has 2 aliphatic heterocycles. The fourth-order valence-corrected chi connectivity index (χ4v) is 4.91. The number of aliphatic hydroxyl groups is 1. The van der Waals surface area contributed by atoms with E-state index >= 15 is 0 Å². The third kappa shape index (κ3) is 4.77. The van der Waals surface area contributed by atoms with Gasteiger partial charge in [0, 0.05) is 18.7 Å². The Morgan fingerprint density at radius 1 is 1.03 bits per heavy atom. The minimum atomic E-state index is -0.679. The van der Waals surface area contributed by atoms with Crippen molar-refractivity contribution in [3.05, 3.63) is 107 Å². The highest BCUT2D eigenvalue weighted by Gasteiger charge is 2.47. The van der Waals surface area contributed by atoms with E-state index in [2.05, 4.69) is 0 Å². The summed E-state index contributed by atoms with van der Waals surface area (Å²) in [5, 5.41) is 11.3. The third-order valence-electron chi connectivity index (χ3n) is 6.77. The molecule has 2 fully saturated rings. The van der Waals surface area contributed by atoms with Crippen LogP contribution in [0.1, 0.15) is 41.1 Å². The first-order chi connectivity index (χ1) is 17.5. The second kappa shape index (κ2) is 10.4. The lowest BCUT2D eigenvalue weighted by atomic mass is 9.94. The molecule has 0 radical (unpaired) electrons. The zero-order chi connectivity index (χ0) is 25.1. The van der Waals surface area contributed by atoms with Gasteiger partial charge >= 0.3 is 0 Å². The topological polar surface area (TPSA) is 76.1 Å². The van der Waals surface area contributed by atoms with Crippen molar-refractivity contribution in [2.75, 3.05) is 13.2 Å². The summed E-state index contributed by atoms with van der Waals surface area (Å²) in [6.07, 6.45) is 1.66. The Morgan fingerprint density at radius 2 is 1.75 bits per heavy atom. The van der Waals surface area contributed by atoms with Gasteiger partial charge in [0.05, 0.1) is 17.7 Å². The van der Waals surface area contributed by atoms with Crippen LogP contribution in [-0.4, -0.2) is 41.0 Å². The lowest BCUT2D eigenvalue weighted by Crippen LogP contribution is -2.36. The minimum absolute atomic E-state index is 0.0987. The molecule has 2 saturated heterocycles. The molecule has 0 saturated carbocycles. The molecule has 2 atom stereocenters. The molecule has 3 aromatic rings. The van der Waals surface area contributed by atoms with Crippen LogP contribution in [0.4, 0.5) is 0 Å². The maximum atomic E-state index is 13.2. The molecule has 0 spiro atoms. The maximum Gasteiger partial charge on any atom is 0.295 e. The second-order valence-corrected chi connectivity index (χ2v) is 9.25. The average Bonchev–Trinajstić information content (AvgIpc) is 3.51. The van der Waals surface area contributed by atoms with E-state index in [0.717, 1.165) is 29.5 Å². The normalized spacial score (nSPS) is 21.2. The maximum absolute atomic E-state index is 13.2. The summed E-state index contributed by atoms with van der Waals surface area (Å²) in [6, 6.07) is 23.8. The van der Waals surface area contributed by atoms with Gasteiger partial charge in [-0.25, -0.2) is 0 Å². The number of benzene rings is 3. The summed E-state index contributed by atoms with van der Waals surface area (Å²) in [7, 11) is 0. The van der Waals surface area contributed by atoms with Gasteiger partial charge in [-0.05, 0) is 54.7 Å². The Hall–Kier alpha value is -3.90. The van der Waals surface area contributed by atoms with E-state index < -0.39 is 17.7 Å². The Bertz CT molecular complexity index is 1280. The van der Waals surface area contributed by atoms with E-state index in [1.54, 1.807) is 23.1 Å². The van der Waals surface area contributed by atoms with Gasteiger partial charge in [0.2, 0.25) is 0 Å². The Balaban J connectivity index is 1.47. The second-order valence-electron chi connectivity index (χ2n) is 9.25. The minimum Gasteiger partial charge on any atom is -0.507 e. The van der Waals surface area contributed by atoms with Crippen molar-refractivity contribution < 1.29 is 24.2 Å². The SMILES string of the molecule is Cc1cc(/C(O)=C2/C(=O)C(=O)N(CC3CCCO3)C2c2ccccc2)ccc1OCc1ccccc1. The molecule has 2 unspecified atom stereocenters. The number of amides is 1. The molecule has 0 bridgehead atoms. The summed E-state index contributed by atoms with van der Waals surface area (Å²) < 4.78 is 11.7. The molecule has 36 heavy (non-hydrogen) atoms. The van der Waals surface area contributed by atoms with Crippen LogP contribution in [0.3, 0.4) is 0 Å². The van der Waals surface area contributed by atoms with Crippen LogP contribution < -0.4 is 4.74 Å². The van der Waals surface area contributed by atoms with Crippen LogP contribution in [0.2, 0.25) is 0 Å². The molecule has 3 aromatic carbocycles. The van der Waals surface area contributed by atoms with Gasteiger partial charge in [-0.1, -0.05) is 60.7 Å². The van der Waals surface area contributed by atoms with Gasteiger partial charge in [0.1, 0.15) is 18.1 Å². The number of ketones is 1. The first-order valence-corrected chi connectivity index (χ1v) is 12.3. The molecular weight excluding hydrogens is 454 g/mol. The molecule has 0 aliphatic carbocycles. The fourth-order valence-electron chi connectivity index (χ4n) is 4.91. The third-order valence-corrected chi connectivity index (χ3v) is 6.77. The number of carbonyl (C=O) groups is 2. The number of Topliss-reactive ketones (excluding diaryl/α,β-unsaturated/α-hetero) is 1. The number of aliphatic hydroxyl groups excluding tert-OH is 1. The average molecular weight is 484 g/mol. The van der Waals surface area contributed by atoms with Crippen molar-refractivity contribution in [2.24, 2.45) is 0 Å². The first kappa shape index (κ1) is 23.8. The quantitative estimate of drug-likeness (QED) is 0.285. The molecule has 0 aromatic heterocycles. The molecule has 184 valence electrons. The molecule has 6 heteroatoms. The predicted octanol–water partition coefficient (Wildman–Crippen LogP) is 5.17. The van der Waals surface area contributed by atoms with E-state index in [0.29, 0.717) is 31.1 Å². The molecular formula is C30H29NO5. The van der Waals surface area contributed by atoms with Crippen molar-refractivity contribution in [2.45, 2.75) is 38.5 Å². The van der Waals surface area contributed by atoms with Gasteiger partial charge < -0.3 is 19.5 Å². The zero-order valence-corrected chi connectivity index (χ0v) is 20.2. The number of hydrogen-bond donors (Lipinski definition) is 1. The monoisotopic (exact) mass is 483 g/mol. The van der Waals surface area contributed by atoms with Crippen molar-refractivity contribution in [1.29, 1.82) is 0 Å². The first-order valence-electron chi connectivity index (χ1n) is 12.3.